The minimum absolute atomic E-state index is 0.542. The quantitative estimate of drug-likeness (QED) is 0.526. The zero-order chi connectivity index (χ0) is 13.1. The lowest BCUT2D eigenvalue weighted by Gasteiger charge is -1.94. The average Bonchev–Trinajstić information content (AvgIpc) is 3.06. The van der Waals surface area contributed by atoms with E-state index in [1.54, 1.807) is 29.8 Å². The second-order valence-corrected chi connectivity index (χ2v) is 6.83. The van der Waals surface area contributed by atoms with Crippen LogP contribution in [0.3, 0.4) is 0 Å². The van der Waals surface area contributed by atoms with Crippen molar-refractivity contribution in [3.8, 4) is 10.8 Å². The molecule has 0 spiro atoms. The standard InChI is InChI=1S/C11H7BrN4OS2/c12-8-3-2-7(19-8)10-16-15-9(17-10)6-18-11-13-4-1-5-14-11/h1-5H,6H2. The number of thiophene rings is 1. The molecular formula is C11H7BrN4OS2. The van der Waals surface area contributed by atoms with Gasteiger partial charge in [0.1, 0.15) is 0 Å². The number of halogens is 1. The molecule has 8 heteroatoms. The molecule has 0 aliphatic carbocycles. The molecule has 0 bridgehead atoms. The minimum atomic E-state index is 0.542. The van der Waals surface area contributed by atoms with Crippen LogP contribution in [0.4, 0.5) is 0 Å². The Morgan fingerprint density at radius 3 is 2.79 bits per heavy atom. The number of hydrogen-bond acceptors (Lipinski definition) is 7. The Balaban J connectivity index is 1.68. The van der Waals surface area contributed by atoms with Gasteiger partial charge in [0, 0.05) is 12.4 Å². The van der Waals surface area contributed by atoms with Crippen LogP contribution in [-0.2, 0) is 5.75 Å². The third-order valence-corrected chi connectivity index (χ3v) is 4.59. The van der Waals surface area contributed by atoms with E-state index >= 15 is 0 Å². The van der Waals surface area contributed by atoms with E-state index in [2.05, 4.69) is 36.1 Å². The maximum atomic E-state index is 5.60. The molecule has 96 valence electrons. The van der Waals surface area contributed by atoms with Crippen LogP contribution in [0.25, 0.3) is 10.8 Å². The summed E-state index contributed by atoms with van der Waals surface area (Å²) in [5, 5.41) is 8.74. The number of aromatic nitrogens is 4. The van der Waals surface area contributed by atoms with Gasteiger partial charge in [0.15, 0.2) is 5.16 Å². The summed E-state index contributed by atoms with van der Waals surface area (Å²) < 4.78 is 6.63. The van der Waals surface area contributed by atoms with Crippen molar-refractivity contribution < 1.29 is 4.42 Å². The Labute approximate surface area is 125 Å². The summed E-state index contributed by atoms with van der Waals surface area (Å²) in [4.78, 5) is 9.19. The molecule has 0 fully saturated rings. The molecule has 0 saturated carbocycles. The van der Waals surface area contributed by atoms with Crippen LogP contribution in [-0.4, -0.2) is 20.2 Å². The fraction of sp³-hybridized carbons (Fsp3) is 0.0909. The van der Waals surface area contributed by atoms with E-state index in [0.29, 0.717) is 22.7 Å². The molecular weight excluding hydrogens is 348 g/mol. The highest BCUT2D eigenvalue weighted by atomic mass is 79.9. The maximum absolute atomic E-state index is 5.60. The van der Waals surface area contributed by atoms with E-state index < -0.39 is 0 Å². The van der Waals surface area contributed by atoms with Crippen molar-refractivity contribution in [2.24, 2.45) is 0 Å². The summed E-state index contributed by atoms with van der Waals surface area (Å²) in [7, 11) is 0. The van der Waals surface area contributed by atoms with Gasteiger partial charge in [-0.15, -0.1) is 21.5 Å². The fourth-order valence-corrected chi connectivity index (χ4v) is 3.27. The van der Waals surface area contributed by atoms with Gasteiger partial charge in [0.25, 0.3) is 5.89 Å². The average molecular weight is 355 g/mol. The molecule has 3 rings (SSSR count). The van der Waals surface area contributed by atoms with Gasteiger partial charge < -0.3 is 4.42 Å². The van der Waals surface area contributed by atoms with E-state index in [0.717, 1.165) is 8.66 Å². The fourth-order valence-electron chi connectivity index (χ4n) is 1.33. The molecule has 3 aromatic rings. The molecule has 0 atom stereocenters. The van der Waals surface area contributed by atoms with Crippen LogP contribution in [0.5, 0.6) is 0 Å². The zero-order valence-electron chi connectivity index (χ0n) is 9.49. The summed E-state index contributed by atoms with van der Waals surface area (Å²) in [6, 6.07) is 5.68. The van der Waals surface area contributed by atoms with E-state index in [1.165, 1.54) is 11.8 Å². The highest BCUT2D eigenvalue weighted by Gasteiger charge is 2.11. The summed E-state index contributed by atoms with van der Waals surface area (Å²) in [6.45, 7) is 0. The molecule has 0 N–H and O–H groups in total. The predicted octanol–water partition coefficient (Wildman–Crippen LogP) is 3.64. The van der Waals surface area contributed by atoms with E-state index in [9.17, 15) is 0 Å². The van der Waals surface area contributed by atoms with Crippen LogP contribution in [0.2, 0.25) is 0 Å². The number of nitrogens with zero attached hydrogens (tertiary/aromatic N) is 4. The second kappa shape index (κ2) is 5.81. The largest absolute Gasteiger partial charge is 0.419 e. The predicted molar refractivity (Wildman–Crippen MR) is 76.9 cm³/mol. The van der Waals surface area contributed by atoms with E-state index in [1.807, 2.05) is 12.1 Å². The van der Waals surface area contributed by atoms with Gasteiger partial charge >= 0.3 is 0 Å². The van der Waals surface area contributed by atoms with Crippen LogP contribution in [0.15, 0.2) is 44.0 Å². The Morgan fingerprint density at radius 1 is 1.21 bits per heavy atom. The van der Waals surface area contributed by atoms with Crippen LogP contribution < -0.4 is 0 Å². The molecule has 3 aromatic heterocycles. The zero-order valence-corrected chi connectivity index (χ0v) is 12.7. The van der Waals surface area contributed by atoms with Crippen molar-refractivity contribution in [1.82, 2.24) is 20.2 Å². The first kappa shape index (κ1) is 12.8. The summed E-state index contributed by atoms with van der Waals surface area (Å²) in [5.41, 5.74) is 0. The van der Waals surface area contributed by atoms with Crippen molar-refractivity contribution in [1.29, 1.82) is 0 Å². The van der Waals surface area contributed by atoms with Crippen molar-refractivity contribution in [3.63, 3.8) is 0 Å². The van der Waals surface area contributed by atoms with Crippen LogP contribution in [0.1, 0.15) is 5.89 Å². The van der Waals surface area contributed by atoms with Gasteiger partial charge in [-0.3, -0.25) is 0 Å². The summed E-state index contributed by atoms with van der Waals surface area (Å²) in [6.07, 6.45) is 3.41. The third-order valence-electron chi connectivity index (χ3n) is 2.12. The molecule has 19 heavy (non-hydrogen) atoms. The Morgan fingerprint density at radius 2 is 2.05 bits per heavy atom. The number of rotatable bonds is 4. The topological polar surface area (TPSA) is 64.7 Å². The van der Waals surface area contributed by atoms with Crippen molar-refractivity contribution in [2.45, 2.75) is 10.9 Å². The summed E-state index contributed by atoms with van der Waals surface area (Å²) >= 11 is 6.43. The van der Waals surface area contributed by atoms with E-state index in [4.69, 9.17) is 4.42 Å². The smallest absolute Gasteiger partial charge is 0.257 e. The third kappa shape index (κ3) is 3.20. The lowest BCUT2D eigenvalue weighted by Crippen LogP contribution is -1.85. The van der Waals surface area contributed by atoms with Crippen LogP contribution >= 0.6 is 39.0 Å². The van der Waals surface area contributed by atoms with Gasteiger partial charge in [0.05, 0.1) is 14.4 Å². The molecule has 0 aliphatic rings. The molecule has 0 saturated heterocycles. The SMILES string of the molecule is Brc1ccc(-c2nnc(CSc3ncccn3)o2)s1. The van der Waals surface area contributed by atoms with E-state index in [-0.39, 0.29) is 0 Å². The van der Waals surface area contributed by atoms with Gasteiger partial charge in [-0.25, -0.2) is 9.97 Å². The monoisotopic (exact) mass is 354 g/mol. The van der Waals surface area contributed by atoms with Gasteiger partial charge in [-0.1, -0.05) is 11.8 Å². The minimum Gasteiger partial charge on any atom is -0.419 e. The maximum Gasteiger partial charge on any atom is 0.257 e. The second-order valence-electron chi connectivity index (χ2n) is 3.42. The number of hydrogen-bond donors (Lipinski definition) is 0. The number of thioether (sulfide) groups is 1. The molecule has 0 unspecified atom stereocenters. The van der Waals surface area contributed by atoms with Crippen molar-refractivity contribution >= 4 is 39.0 Å². The molecule has 0 radical (unpaired) electrons. The van der Waals surface area contributed by atoms with Gasteiger partial charge in [-0.2, -0.15) is 0 Å². The Bertz CT molecular complexity index is 670. The van der Waals surface area contributed by atoms with Crippen LogP contribution in [0, 0.1) is 0 Å². The highest BCUT2D eigenvalue weighted by molar-refractivity contribution is 9.11. The first-order valence-electron chi connectivity index (χ1n) is 5.29. The van der Waals surface area contributed by atoms with Crippen molar-refractivity contribution in [2.75, 3.05) is 0 Å². The highest BCUT2D eigenvalue weighted by Crippen LogP contribution is 2.30. The van der Waals surface area contributed by atoms with Crippen molar-refractivity contribution in [3.05, 3.63) is 40.3 Å². The Hall–Kier alpha value is -1.25. The molecule has 0 aromatic carbocycles. The Kier molecular flexibility index (Phi) is 3.90. The molecule has 0 aliphatic heterocycles. The first-order chi connectivity index (χ1) is 9.31. The first-order valence-corrected chi connectivity index (χ1v) is 7.89. The van der Waals surface area contributed by atoms with Gasteiger partial charge in [-0.05, 0) is 34.1 Å². The van der Waals surface area contributed by atoms with Gasteiger partial charge in [0.2, 0.25) is 5.89 Å². The molecule has 3 heterocycles. The lowest BCUT2D eigenvalue weighted by molar-refractivity contribution is 0.529. The summed E-state index contributed by atoms with van der Waals surface area (Å²) in [5.74, 6) is 1.67. The molecule has 0 amide bonds. The normalized spacial score (nSPS) is 10.8. The lowest BCUT2D eigenvalue weighted by atomic mass is 10.5. The molecule has 5 nitrogen and oxygen atoms in total.